The molecule has 1 aromatic rings. The van der Waals surface area contributed by atoms with E-state index in [1.165, 1.54) is 7.11 Å². The van der Waals surface area contributed by atoms with E-state index in [9.17, 15) is 4.79 Å². The molecule has 88 valence electrons. The molecule has 0 bridgehead atoms. The van der Waals surface area contributed by atoms with E-state index in [-0.39, 0.29) is 5.97 Å². The standard InChI is InChI=1S/C11H10BrN3O2/c1-17-11(16)9-5-4-8(10(12)7-9)3-2-6-14-15-13/h2-5,7H,6H2,1H3. The number of carbonyl (C=O) groups excluding carboxylic acids is 1. The normalized spacial score (nSPS) is 10.0. The summed E-state index contributed by atoms with van der Waals surface area (Å²) in [6.45, 7) is 0.293. The van der Waals surface area contributed by atoms with Crippen LogP contribution in [-0.4, -0.2) is 19.6 Å². The molecule has 0 fully saturated rings. The molecule has 1 rings (SSSR count). The fourth-order valence-corrected chi connectivity index (χ4v) is 1.68. The number of rotatable bonds is 4. The van der Waals surface area contributed by atoms with E-state index >= 15 is 0 Å². The molecule has 0 heterocycles. The van der Waals surface area contributed by atoms with Crippen LogP contribution in [0.3, 0.4) is 0 Å². The summed E-state index contributed by atoms with van der Waals surface area (Å²) in [6.07, 6.45) is 3.54. The van der Waals surface area contributed by atoms with Gasteiger partial charge >= 0.3 is 5.97 Å². The van der Waals surface area contributed by atoms with Gasteiger partial charge in [0, 0.05) is 15.9 Å². The summed E-state index contributed by atoms with van der Waals surface area (Å²) in [7, 11) is 1.34. The maximum Gasteiger partial charge on any atom is 0.337 e. The summed E-state index contributed by atoms with van der Waals surface area (Å²) < 4.78 is 5.39. The molecule has 17 heavy (non-hydrogen) atoms. The van der Waals surface area contributed by atoms with Gasteiger partial charge in [-0.3, -0.25) is 0 Å². The number of halogens is 1. The average Bonchev–Trinajstić information content (AvgIpc) is 2.35. The lowest BCUT2D eigenvalue weighted by molar-refractivity contribution is 0.0600. The first kappa shape index (κ1) is 13.3. The molecule has 0 saturated carbocycles. The van der Waals surface area contributed by atoms with E-state index in [0.717, 1.165) is 10.0 Å². The van der Waals surface area contributed by atoms with Gasteiger partial charge < -0.3 is 4.74 Å². The Morgan fingerprint density at radius 2 is 2.41 bits per heavy atom. The van der Waals surface area contributed by atoms with Crippen LogP contribution in [0, 0.1) is 0 Å². The van der Waals surface area contributed by atoms with Crippen molar-refractivity contribution in [3.63, 3.8) is 0 Å². The Balaban J connectivity index is 2.86. The number of methoxy groups -OCH3 is 1. The summed E-state index contributed by atoms with van der Waals surface area (Å²) in [5.41, 5.74) is 9.48. The van der Waals surface area contributed by atoms with Crippen LogP contribution in [0.25, 0.3) is 16.5 Å². The molecule has 0 N–H and O–H groups in total. The summed E-state index contributed by atoms with van der Waals surface area (Å²) in [4.78, 5) is 13.9. The van der Waals surface area contributed by atoms with E-state index in [2.05, 4.69) is 30.7 Å². The topological polar surface area (TPSA) is 75.1 Å². The van der Waals surface area contributed by atoms with Crippen molar-refractivity contribution in [3.8, 4) is 0 Å². The molecule has 0 aliphatic carbocycles. The maximum absolute atomic E-state index is 11.3. The fourth-order valence-electron chi connectivity index (χ4n) is 1.17. The number of hydrogen-bond acceptors (Lipinski definition) is 3. The van der Waals surface area contributed by atoms with Gasteiger partial charge in [0.1, 0.15) is 0 Å². The van der Waals surface area contributed by atoms with Crippen molar-refractivity contribution in [3.05, 3.63) is 50.3 Å². The first-order valence-electron chi connectivity index (χ1n) is 4.74. The predicted octanol–water partition coefficient (Wildman–Crippen LogP) is 3.56. The fraction of sp³-hybridized carbons (Fsp3) is 0.182. The van der Waals surface area contributed by atoms with E-state index < -0.39 is 0 Å². The number of benzene rings is 1. The summed E-state index contributed by atoms with van der Waals surface area (Å²) >= 11 is 3.35. The first-order chi connectivity index (χ1) is 8.19. The van der Waals surface area contributed by atoms with Crippen LogP contribution in [0.5, 0.6) is 0 Å². The van der Waals surface area contributed by atoms with Gasteiger partial charge in [-0.25, -0.2) is 4.79 Å². The van der Waals surface area contributed by atoms with Crippen LogP contribution >= 0.6 is 15.9 Å². The number of hydrogen-bond donors (Lipinski definition) is 0. The summed E-state index contributed by atoms with van der Waals surface area (Å²) in [5.74, 6) is -0.379. The van der Waals surface area contributed by atoms with E-state index in [1.54, 1.807) is 30.4 Å². The number of esters is 1. The largest absolute Gasteiger partial charge is 0.465 e. The zero-order valence-electron chi connectivity index (χ0n) is 9.13. The van der Waals surface area contributed by atoms with Gasteiger partial charge in [-0.15, -0.1) is 0 Å². The predicted molar refractivity (Wildman–Crippen MR) is 68.5 cm³/mol. The monoisotopic (exact) mass is 295 g/mol. The second kappa shape index (κ2) is 6.73. The second-order valence-corrected chi connectivity index (χ2v) is 3.90. The van der Waals surface area contributed by atoms with Crippen molar-refractivity contribution in [2.45, 2.75) is 0 Å². The zero-order chi connectivity index (χ0) is 12.7. The lowest BCUT2D eigenvalue weighted by atomic mass is 10.1. The van der Waals surface area contributed by atoms with E-state index in [1.807, 2.05) is 0 Å². The number of ether oxygens (including phenoxy) is 1. The highest BCUT2D eigenvalue weighted by Gasteiger charge is 2.06. The maximum atomic E-state index is 11.3. The van der Waals surface area contributed by atoms with Gasteiger partial charge in [-0.1, -0.05) is 39.3 Å². The number of carbonyl (C=O) groups is 1. The quantitative estimate of drug-likeness (QED) is 0.368. The van der Waals surface area contributed by atoms with Crippen LogP contribution in [0.4, 0.5) is 0 Å². The lowest BCUT2D eigenvalue weighted by Gasteiger charge is -2.02. The van der Waals surface area contributed by atoms with Crippen molar-refractivity contribution < 1.29 is 9.53 Å². The van der Waals surface area contributed by atoms with Crippen LogP contribution < -0.4 is 0 Å². The molecule has 0 spiro atoms. The molecule has 0 saturated heterocycles. The molecule has 1 aromatic carbocycles. The van der Waals surface area contributed by atoms with Gasteiger partial charge in [0.2, 0.25) is 0 Å². The highest BCUT2D eigenvalue weighted by molar-refractivity contribution is 9.10. The molecule has 6 heteroatoms. The van der Waals surface area contributed by atoms with Crippen molar-refractivity contribution in [2.24, 2.45) is 5.11 Å². The molecule has 0 unspecified atom stereocenters. The van der Waals surface area contributed by atoms with Crippen molar-refractivity contribution in [1.82, 2.24) is 0 Å². The van der Waals surface area contributed by atoms with E-state index in [4.69, 9.17) is 5.53 Å². The molecule has 0 aliphatic heterocycles. The summed E-state index contributed by atoms with van der Waals surface area (Å²) in [5, 5.41) is 3.38. The van der Waals surface area contributed by atoms with Crippen molar-refractivity contribution in [1.29, 1.82) is 0 Å². The van der Waals surface area contributed by atoms with Gasteiger partial charge in [-0.2, -0.15) is 0 Å². The Kier molecular flexibility index (Phi) is 5.26. The Morgan fingerprint density at radius 1 is 1.65 bits per heavy atom. The Labute approximate surface area is 107 Å². The molecule has 0 aliphatic rings. The molecule has 5 nitrogen and oxygen atoms in total. The molecule has 0 radical (unpaired) electrons. The second-order valence-electron chi connectivity index (χ2n) is 3.04. The zero-order valence-corrected chi connectivity index (χ0v) is 10.7. The Hall–Kier alpha value is -1.78. The van der Waals surface area contributed by atoms with Crippen molar-refractivity contribution >= 4 is 28.0 Å². The van der Waals surface area contributed by atoms with E-state index in [0.29, 0.717) is 12.1 Å². The van der Waals surface area contributed by atoms with Crippen LogP contribution in [0.1, 0.15) is 15.9 Å². The SMILES string of the molecule is COC(=O)c1ccc(C=CCN=[N+]=[N-])c(Br)c1. The molecule has 0 aromatic heterocycles. The summed E-state index contributed by atoms with van der Waals surface area (Å²) in [6, 6.07) is 5.13. The molecule has 0 amide bonds. The minimum absolute atomic E-state index is 0.293. The van der Waals surface area contributed by atoms with Gasteiger partial charge in [-0.05, 0) is 23.2 Å². The highest BCUT2D eigenvalue weighted by atomic mass is 79.9. The molecule has 0 atom stereocenters. The van der Waals surface area contributed by atoms with Crippen LogP contribution in [0.15, 0.2) is 33.9 Å². The average molecular weight is 296 g/mol. The third-order valence-corrected chi connectivity index (χ3v) is 2.66. The third kappa shape index (κ3) is 3.94. The Morgan fingerprint density at radius 3 is 3.00 bits per heavy atom. The Bertz CT molecular complexity index is 493. The minimum atomic E-state index is -0.379. The third-order valence-electron chi connectivity index (χ3n) is 1.97. The van der Waals surface area contributed by atoms with Gasteiger partial charge in [0.25, 0.3) is 0 Å². The number of nitrogens with zero attached hydrogens (tertiary/aromatic N) is 3. The van der Waals surface area contributed by atoms with Gasteiger partial charge in [0.15, 0.2) is 0 Å². The smallest absolute Gasteiger partial charge is 0.337 e. The highest BCUT2D eigenvalue weighted by Crippen LogP contribution is 2.20. The van der Waals surface area contributed by atoms with Crippen LogP contribution in [0.2, 0.25) is 0 Å². The van der Waals surface area contributed by atoms with Gasteiger partial charge in [0.05, 0.1) is 12.7 Å². The lowest BCUT2D eigenvalue weighted by Crippen LogP contribution is -2.00. The van der Waals surface area contributed by atoms with Crippen LogP contribution in [-0.2, 0) is 4.74 Å². The first-order valence-corrected chi connectivity index (χ1v) is 5.53. The molecular formula is C11H10BrN3O2. The molecular weight excluding hydrogens is 286 g/mol. The number of azide groups is 1. The van der Waals surface area contributed by atoms with Crippen molar-refractivity contribution in [2.75, 3.05) is 13.7 Å². The minimum Gasteiger partial charge on any atom is -0.465 e.